The molecule has 1 aromatic rings. The molecule has 0 bridgehead atoms. The van der Waals surface area contributed by atoms with Crippen molar-refractivity contribution in [3.8, 4) is 5.75 Å². The van der Waals surface area contributed by atoms with Crippen molar-refractivity contribution in [2.45, 2.75) is 26.3 Å². The summed E-state index contributed by atoms with van der Waals surface area (Å²) in [5.74, 6) is 0.248. The number of hydrogen-bond donors (Lipinski definition) is 1. The molecule has 0 atom stereocenters. The molecule has 1 N–H and O–H groups in total. The molecule has 16 heavy (non-hydrogen) atoms. The first-order valence-electron chi connectivity index (χ1n) is 5.21. The molecule has 0 fully saturated rings. The van der Waals surface area contributed by atoms with Gasteiger partial charge in [-0.1, -0.05) is 0 Å². The normalized spacial score (nSPS) is 11.6. The number of hydrogen-bond acceptors (Lipinski definition) is 2. The number of rotatable bonds is 4. The van der Waals surface area contributed by atoms with Crippen molar-refractivity contribution >= 4 is 15.9 Å². The summed E-state index contributed by atoms with van der Waals surface area (Å²) in [5, 5.41) is 3.29. The van der Waals surface area contributed by atoms with Crippen molar-refractivity contribution in [2.24, 2.45) is 0 Å². The zero-order valence-corrected chi connectivity index (χ0v) is 11.4. The molecule has 1 rings (SSSR count). The van der Waals surface area contributed by atoms with E-state index in [4.69, 9.17) is 4.74 Å². The van der Waals surface area contributed by atoms with E-state index < -0.39 is 0 Å². The van der Waals surface area contributed by atoms with E-state index in [0.717, 1.165) is 6.54 Å². The molecule has 0 heterocycles. The Morgan fingerprint density at radius 1 is 1.38 bits per heavy atom. The van der Waals surface area contributed by atoms with Gasteiger partial charge in [0.1, 0.15) is 18.2 Å². The van der Waals surface area contributed by atoms with Gasteiger partial charge in [-0.2, -0.15) is 0 Å². The van der Waals surface area contributed by atoms with Gasteiger partial charge >= 0.3 is 0 Å². The van der Waals surface area contributed by atoms with Gasteiger partial charge in [0.05, 0.1) is 4.47 Å². The lowest BCUT2D eigenvalue weighted by Crippen LogP contribution is -2.38. The molecular weight excluding hydrogens is 273 g/mol. The van der Waals surface area contributed by atoms with E-state index in [2.05, 4.69) is 42.0 Å². The minimum Gasteiger partial charge on any atom is -0.492 e. The highest BCUT2D eigenvalue weighted by Gasteiger charge is 2.07. The van der Waals surface area contributed by atoms with Crippen LogP contribution in [-0.2, 0) is 0 Å². The predicted octanol–water partition coefficient (Wildman–Crippen LogP) is 3.36. The number of benzene rings is 1. The highest BCUT2D eigenvalue weighted by Crippen LogP contribution is 2.20. The molecule has 0 unspecified atom stereocenters. The molecule has 4 heteroatoms. The van der Waals surface area contributed by atoms with Gasteiger partial charge < -0.3 is 10.1 Å². The van der Waals surface area contributed by atoms with Crippen LogP contribution in [0.25, 0.3) is 0 Å². The van der Waals surface area contributed by atoms with Crippen molar-refractivity contribution < 1.29 is 9.13 Å². The summed E-state index contributed by atoms with van der Waals surface area (Å²) in [7, 11) is 0. The van der Waals surface area contributed by atoms with Crippen molar-refractivity contribution in [2.75, 3.05) is 13.2 Å². The quantitative estimate of drug-likeness (QED) is 0.859. The standard InChI is InChI=1S/C12H17BrFNO/c1-12(2,3)15-6-7-16-9-4-5-10(13)11(14)8-9/h4-5,8,15H,6-7H2,1-3H3. The fourth-order valence-corrected chi connectivity index (χ4v) is 1.41. The molecule has 0 aliphatic carbocycles. The molecule has 90 valence electrons. The topological polar surface area (TPSA) is 21.3 Å². The third kappa shape index (κ3) is 4.94. The van der Waals surface area contributed by atoms with Crippen molar-refractivity contribution in [1.29, 1.82) is 0 Å². The molecule has 1 aromatic carbocycles. The Bertz CT molecular complexity index is 349. The lowest BCUT2D eigenvalue weighted by Gasteiger charge is -2.20. The summed E-state index contributed by atoms with van der Waals surface area (Å²) < 4.78 is 19.0. The molecule has 0 aliphatic heterocycles. The molecule has 0 saturated carbocycles. The van der Waals surface area contributed by atoms with Gasteiger partial charge in [0, 0.05) is 18.2 Å². The first-order valence-corrected chi connectivity index (χ1v) is 6.01. The van der Waals surface area contributed by atoms with Crippen LogP contribution < -0.4 is 10.1 Å². The summed E-state index contributed by atoms with van der Waals surface area (Å²) in [6, 6.07) is 4.76. The Hall–Kier alpha value is -0.610. The van der Waals surface area contributed by atoms with E-state index in [0.29, 0.717) is 16.8 Å². The van der Waals surface area contributed by atoms with Gasteiger partial charge in [0.2, 0.25) is 0 Å². The van der Waals surface area contributed by atoms with E-state index in [1.165, 1.54) is 6.07 Å². The Labute approximate surface area is 104 Å². The van der Waals surface area contributed by atoms with E-state index in [-0.39, 0.29) is 11.4 Å². The zero-order chi connectivity index (χ0) is 12.2. The maximum Gasteiger partial charge on any atom is 0.141 e. The second kappa shape index (κ2) is 5.64. The fraction of sp³-hybridized carbons (Fsp3) is 0.500. The molecule has 0 aliphatic rings. The maximum atomic E-state index is 13.1. The minimum atomic E-state index is -0.304. The zero-order valence-electron chi connectivity index (χ0n) is 9.81. The van der Waals surface area contributed by atoms with Crippen molar-refractivity contribution in [3.63, 3.8) is 0 Å². The first-order chi connectivity index (χ1) is 7.38. The molecule has 0 spiro atoms. The van der Waals surface area contributed by atoms with Crippen LogP contribution in [-0.4, -0.2) is 18.7 Å². The lowest BCUT2D eigenvalue weighted by atomic mass is 10.1. The van der Waals surface area contributed by atoms with E-state index >= 15 is 0 Å². The lowest BCUT2D eigenvalue weighted by molar-refractivity contribution is 0.290. The molecule has 0 amide bonds. The van der Waals surface area contributed by atoms with Gasteiger partial charge in [-0.15, -0.1) is 0 Å². The monoisotopic (exact) mass is 289 g/mol. The van der Waals surface area contributed by atoms with Crippen LogP contribution in [0.5, 0.6) is 5.75 Å². The second-order valence-corrected chi connectivity index (χ2v) is 5.46. The van der Waals surface area contributed by atoms with Gasteiger partial charge in [-0.05, 0) is 48.8 Å². The highest BCUT2D eigenvalue weighted by molar-refractivity contribution is 9.10. The van der Waals surface area contributed by atoms with Crippen molar-refractivity contribution in [3.05, 3.63) is 28.5 Å². The van der Waals surface area contributed by atoms with E-state index in [1.807, 2.05) is 0 Å². The molecule has 0 saturated heterocycles. The van der Waals surface area contributed by atoms with Gasteiger partial charge in [-0.25, -0.2) is 4.39 Å². The summed E-state index contributed by atoms with van der Waals surface area (Å²) >= 11 is 3.09. The summed E-state index contributed by atoms with van der Waals surface area (Å²) in [4.78, 5) is 0. The molecule has 2 nitrogen and oxygen atoms in total. The van der Waals surface area contributed by atoms with Crippen LogP contribution >= 0.6 is 15.9 Å². The van der Waals surface area contributed by atoms with Crippen LogP contribution in [0.1, 0.15) is 20.8 Å². The first kappa shape index (κ1) is 13.5. The van der Waals surface area contributed by atoms with Gasteiger partial charge in [0.25, 0.3) is 0 Å². The average molecular weight is 290 g/mol. The molecule has 0 aromatic heterocycles. The largest absolute Gasteiger partial charge is 0.492 e. The van der Waals surface area contributed by atoms with Crippen LogP contribution in [0, 0.1) is 5.82 Å². The summed E-state index contributed by atoms with van der Waals surface area (Å²) in [5.41, 5.74) is 0.0777. The van der Waals surface area contributed by atoms with E-state index in [9.17, 15) is 4.39 Å². The number of halogens is 2. The third-order valence-electron chi connectivity index (χ3n) is 1.92. The summed E-state index contributed by atoms with van der Waals surface area (Å²) in [6.07, 6.45) is 0. The van der Waals surface area contributed by atoms with E-state index in [1.54, 1.807) is 12.1 Å². The highest BCUT2D eigenvalue weighted by atomic mass is 79.9. The third-order valence-corrected chi connectivity index (χ3v) is 2.56. The maximum absolute atomic E-state index is 13.1. The Kier molecular flexibility index (Phi) is 4.74. The van der Waals surface area contributed by atoms with Crippen LogP contribution in [0.15, 0.2) is 22.7 Å². The molecular formula is C12H17BrFNO. The second-order valence-electron chi connectivity index (χ2n) is 4.60. The van der Waals surface area contributed by atoms with Crippen LogP contribution in [0.4, 0.5) is 4.39 Å². The minimum absolute atomic E-state index is 0.0777. The average Bonchev–Trinajstić information content (AvgIpc) is 2.17. The van der Waals surface area contributed by atoms with Crippen LogP contribution in [0.2, 0.25) is 0 Å². The van der Waals surface area contributed by atoms with Crippen molar-refractivity contribution in [1.82, 2.24) is 5.32 Å². The van der Waals surface area contributed by atoms with Crippen LogP contribution in [0.3, 0.4) is 0 Å². The Morgan fingerprint density at radius 3 is 2.62 bits per heavy atom. The Morgan fingerprint density at radius 2 is 2.06 bits per heavy atom. The molecule has 0 radical (unpaired) electrons. The SMILES string of the molecule is CC(C)(C)NCCOc1ccc(Br)c(F)c1. The predicted molar refractivity (Wildman–Crippen MR) is 67.4 cm³/mol. The fourth-order valence-electron chi connectivity index (χ4n) is 1.16. The summed E-state index contributed by atoms with van der Waals surface area (Å²) in [6.45, 7) is 7.53. The van der Waals surface area contributed by atoms with Gasteiger partial charge in [0.15, 0.2) is 0 Å². The number of nitrogens with one attached hydrogen (secondary N) is 1. The number of ether oxygens (including phenoxy) is 1. The van der Waals surface area contributed by atoms with Gasteiger partial charge in [-0.3, -0.25) is 0 Å². The smallest absolute Gasteiger partial charge is 0.141 e. The Balaban J connectivity index is 2.35.